The highest BCUT2D eigenvalue weighted by atomic mass is 16.5. The molecule has 1 heterocycles. The molecule has 0 fully saturated rings. The van der Waals surface area contributed by atoms with Crippen LogP contribution in [-0.2, 0) is 11.2 Å². The molecule has 0 saturated carbocycles. The van der Waals surface area contributed by atoms with Crippen LogP contribution in [0, 0.1) is 13.8 Å². The van der Waals surface area contributed by atoms with Crippen LogP contribution in [0.2, 0.25) is 0 Å². The van der Waals surface area contributed by atoms with Crippen molar-refractivity contribution >= 4 is 5.97 Å². The highest BCUT2D eigenvalue weighted by Gasteiger charge is 2.15. The van der Waals surface area contributed by atoms with Gasteiger partial charge in [-0.3, -0.25) is 4.79 Å². The van der Waals surface area contributed by atoms with Crippen molar-refractivity contribution in [2.45, 2.75) is 27.2 Å². The SMILES string of the molecule is CCOc1ccccc1-n1c(C)cc(CC(=O)O)c1C. The van der Waals surface area contributed by atoms with E-state index in [4.69, 9.17) is 9.84 Å². The Kier molecular flexibility index (Phi) is 4.13. The summed E-state index contributed by atoms with van der Waals surface area (Å²) in [6.07, 6.45) is 0.0382. The molecule has 0 aliphatic carbocycles. The Labute approximate surface area is 118 Å². The quantitative estimate of drug-likeness (QED) is 0.910. The van der Waals surface area contributed by atoms with Crippen molar-refractivity contribution in [2.24, 2.45) is 0 Å². The minimum Gasteiger partial charge on any atom is -0.492 e. The predicted octanol–water partition coefficient (Wildman–Crippen LogP) is 3.12. The Morgan fingerprint density at radius 1 is 1.30 bits per heavy atom. The monoisotopic (exact) mass is 273 g/mol. The third-order valence-electron chi connectivity index (χ3n) is 3.28. The molecule has 2 rings (SSSR count). The van der Waals surface area contributed by atoms with E-state index in [1.807, 2.05) is 55.7 Å². The number of carboxylic acid groups (broad SMARTS) is 1. The summed E-state index contributed by atoms with van der Waals surface area (Å²) in [5, 5.41) is 8.97. The number of aromatic nitrogens is 1. The third-order valence-corrected chi connectivity index (χ3v) is 3.28. The number of aryl methyl sites for hydroxylation is 1. The molecule has 20 heavy (non-hydrogen) atoms. The second-order valence-corrected chi connectivity index (χ2v) is 4.70. The first-order valence-electron chi connectivity index (χ1n) is 6.66. The maximum absolute atomic E-state index is 10.9. The summed E-state index contributed by atoms with van der Waals surface area (Å²) in [4.78, 5) is 10.9. The Bertz CT molecular complexity index is 629. The van der Waals surface area contributed by atoms with E-state index < -0.39 is 5.97 Å². The zero-order valence-corrected chi connectivity index (χ0v) is 12.0. The van der Waals surface area contributed by atoms with Crippen molar-refractivity contribution in [1.29, 1.82) is 0 Å². The number of nitrogens with zero attached hydrogens (tertiary/aromatic N) is 1. The first-order chi connectivity index (χ1) is 9.54. The number of carboxylic acids is 1. The molecule has 1 aromatic heterocycles. The number of hydrogen-bond acceptors (Lipinski definition) is 2. The van der Waals surface area contributed by atoms with Gasteiger partial charge in [-0.05, 0) is 44.5 Å². The number of carbonyl (C=O) groups is 1. The van der Waals surface area contributed by atoms with E-state index in [0.29, 0.717) is 6.61 Å². The van der Waals surface area contributed by atoms with Crippen LogP contribution in [-0.4, -0.2) is 22.2 Å². The number of para-hydroxylation sites is 2. The molecule has 106 valence electrons. The van der Waals surface area contributed by atoms with E-state index >= 15 is 0 Å². The van der Waals surface area contributed by atoms with Gasteiger partial charge in [0.2, 0.25) is 0 Å². The Morgan fingerprint density at radius 3 is 2.65 bits per heavy atom. The van der Waals surface area contributed by atoms with Crippen LogP contribution in [0.25, 0.3) is 5.69 Å². The molecule has 0 aliphatic rings. The van der Waals surface area contributed by atoms with Gasteiger partial charge in [0.05, 0.1) is 18.7 Å². The zero-order chi connectivity index (χ0) is 14.7. The molecule has 0 radical (unpaired) electrons. The highest BCUT2D eigenvalue weighted by Crippen LogP contribution is 2.28. The van der Waals surface area contributed by atoms with Crippen molar-refractivity contribution in [3.05, 3.63) is 47.3 Å². The summed E-state index contributed by atoms with van der Waals surface area (Å²) in [6, 6.07) is 9.71. The molecule has 0 unspecified atom stereocenters. The van der Waals surface area contributed by atoms with E-state index in [2.05, 4.69) is 0 Å². The van der Waals surface area contributed by atoms with Gasteiger partial charge in [0.15, 0.2) is 0 Å². The first-order valence-corrected chi connectivity index (χ1v) is 6.66. The molecule has 0 spiro atoms. The van der Waals surface area contributed by atoms with Crippen molar-refractivity contribution in [1.82, 2.24) is 4.57 Å². The molecular formula is C16H19NO3. The van der Waals surface area contributed by atoms with Crippen LogP contribution in [0.4, 0.5) is 0 Å². The molecule has 2 aromatic rings. The zero-order valence-electron chi connectivity index (χ0n) is 12.0. The first kappa shape index (κ1) is 14.2. The van der Waals surface area contributed by atoms with Gasteiger partial charge >= 0.3 is 5.97 Å². The average molecular weight is 273 g/mol. The lowest BCUT2D eigenvalue weighted by atomic mass is 10.2. The second-order valence-electron chi connectivity index (χ2n) is 4.70. The Hall–Kier alpha value is -2.23. The summed E-state index contributed by atoms with van der Waals surface area (Å²) in [6.45, 7) is 6.45. The van der Waals surface area contributed by atoms with Crippen molar-refractivity contribution in [2.75, 3.05) is 6.61 Å². The van der Waals surface area contributed by atoms with Crippen LogP contribution in [0.15, 0.2) is 30.3 Å². The maximum Gasteiger partial charge on any atom is 0.307 e. The Morgan fingerprint density at radius 2 is 2.00 bits per heavy atom. The fourth-order valence-electron chi connectivity index (χ4n) is 2.46. The van der Waals surface area contributed by atoms with Gasteiger partial charge in [-0.25, -0.2) is 0 Å². The van der Waals surface area contributed by atoms with Crippen molar-refractivity contribution < 1.29 is 14.6 Å². The van der Waals surface area contributed by atoms with Gasteiger partial charge in [0.1, 0.15) is 5.75 Å². The minimum absolute atomic E-state index is 0.0382. The molecule has 0 saturated heterocycles. The normalized spacial score (nSPS) is 10.6. The molecule has 0 amide bonds. The molecule has 4 nitrogen and oxygen atoms in total. The van der Waals surface area contributed by atoms with Crippen LogP contribution in [0.1, 0.15) is 23.9 Å². The smallest absolute Gasteiger partial charge is 0.307 e. The number of benzene rings is 1. The lowest BCUT2D eigenvalue weighted by molar-refractivity contribution is -0.136. The highest BCUT2D eigenvalue weighted by molar-refractivity contribution is 5.71. The van der Waals surface area contributed by atoms with E-state index in [9.17, 15) is 4.79 Å². The largest absolute Gasteiger partial charge is 0.492 e. The molecule has 0 bridgehead atoms. The lowest BCUT2D eigenvalue weighted by Crippen LogP contribution is -2.05. The molecular weight excluding hydrogens is 254 g/mol. The summed E-state index contributed by atoms with van der Waals surface area (Å²) < 4.78 is 7.70. The average Bonchev–Trinajstić information content (AvgIpc) is 2.65. The van der Waals surface area contributed by atoms with Gasteiger partial charge in [-0.2, -0.15) is 0 Å². The second kappa shape index (κ2) is 5.82. The van der Waals surface area contributed by atoms with Gasteiger partial charge in [0, 0.05) is 11.4 Å². The molecule has 0 aliphatic heterocycles. The van der Waals surface area contributed by atoms with Gasteiger partial charge in [0.25, 0.3) is 0 Å². The van der Waals surface area contributed by atoms with Crippen molar-refractivity contribution in [3.8, 4) is 11.4 Å². The van der Waals surface area contributed by atoms with E-state index in [1.54, 1.807) is 0 Å². The summed E-state index contributed by atoms with van der Waals surface area (Å²) in [5.74, 6) is -0.0120. The number of hydrogen-bond donors (Lipinski definition) is 1. The standard InChI is InChI=1S/C16H19NO3/c1-4-20-15-8-6-5-7-14(15)17-11(2)9-13(12(17)3)10-16(18)19/h5-9H,4,10H2,1-3H3,(H,18,19). The third kappa shape index (κ3) is 2.69. The number of rotatable bonds is 5. The van der Waals surface area contributed by atoms with Crippen LogP contribution < -0.4 is 4.74 Å². The van der Waals surface area contributed by atoms with Gasteiger partial charge in [-0.15, -0.1) is 0 Å². The number of aliphatic carboxylic acids is 1. The minimum atomic E-state index is -0.816. The van der Waals surface area contributed by atoms with Gasteiger partial charge in [-0.1, -0.05) is 12.1 Å². The van der Waals surface area contributed by atoms with Crippen LogP contribution >= 0.6 is 0 Å². The topological polar surface area (TPSA) is 51.5 Å². The van der Waals surface area contributed by atoms with E-state index in [-0.39, 0.29) is 6.42 Å². The fourth-order valence-corrected chi connectivity index (χ4v) is 2.46. The van der Waals surface area contributed by atoms with E-state index in [1.165, 1.54) is 0 Å². The molecule has 4 heteroatoms. The Balaban J connectivity index is 2.53. The molecule has 1 N–H and O–H groups in total. The van der Waals surface area contributed by atoms with Crippen molar-refractivity contribution in [3.63, 3.8) is 0 Å². The fraction of sp³-hybridized carbons (Fsp3) is 0.312. The van der Waals surface area contributed by atoms with Gasteiger partial charge < -0.3 is 14.4 Å². The lowest BCUT2D eigenvalue weighted by Gasteiger charge is -2.14. The predicted molar refractivity (Wildman–Crippen MR) is 77.8 cm³/mol. The summed E-state index contributed by atoms with van der Waals surface area (Å²) in [5.41, 5.74) is 3.73. The molecule has 1 aromatic carbocycles. The summed E-state index contributed by atoms with van der Waals surface area (Å²) >= 11 is 0. The maximum atomic E-state index is 10.9. The van der Waals surface area contributed by atoms with Crippen LogP contribution in [0.5, 0.6) is 5.75 Å². The van der Waals surface area contributed by atoms with E-state index in [0.717, 1.165) is 28.4 Å². The van der Waals surface area contributed by atoms with Crippen LogP contribution in [0.3, 0.4) is 0 Å². The summed E-state index contributed by atoms with van der Waals surface area (Å²) in [7, 11) is 0. The molecule has 0 atom stereocenters. The number of ether oxygens (including phenoxy) is 1.